The van der Waals surface area contributed by atoms with E-state index < -0.39 is 0 Å². The minimum Gasteiger partial charge on any atom is -0.370 e. The fourth-order valence-electron chi connectivity index (χ4n) is 2.61. The van der Waals surface area contributed by atoms with Crippen molar-refractivity contribution in [2.75, 3.05) is 6.61 Å². The van der Waals surface area contributed by atoms with Gasteiger partial charge in [0.15, 0.2) is 0 Å². The van der Waals surface area contributed by atoms with Crippen molar-refractivity contribution in [1.29, 1.82) is 0 Å². The molecule has 0 radical (unpaired) electrons. The molecule has 1 saturated heterocycles. The Hall–Kier alpha value is -1.88. The highest BCUT2D eigenvalue weighted by atomic mass is 16.5. The smallest absolute Gasteiger partial charge is 0.139 e. The van der Waals surface area contributed by atoms with Crippen LogP contribution in [0.3, 0.4) is 0 Å². The summed E-state index contributed by atoms with van der Waals surface area (Å²) in [5, 5.41) is 1.09. The summed E-state index contributed by atoms with van der Waals surface area (Å²) in [4.78, 5) is 15.5. The minimum atomic E-state index is 0.111. The van der Waals surface area contributed by atoms with Crippen molar-refractivity contribution < 1.29 is 4.74 Å². The summed E-state index contributed by atoms with van der Waals surface area (Å²) in [6.07, 6.45) is 7.22. The monoisotopic (exact) mass is 242 g/mol. The Balaban J connectivity index is 1.87. The van der Waals surface area contributed by atoms with E-state index in [1.807, 2.05) is 12.3 Å². The Labute approximate surface area is 104 Å². The first-order valence-corrected chi connectivity index (χ1v) is 6.35. The number of ether oxygens (including phenoxy) is 1. The number of aromatic nitrogens is 4. The van der Waals surface area contributed by atoms with Crippen LogP contribution in [0.2, 0.25) is 0 Å². The fraction of sp³-hybridized carbons (Fsp3) is 0.385. The predicted molar refractivity (Wildman–Crippen MR) is 68.3 cm³/mol. The number of hydrogen-bond acceptors (Lipinski definition) is 3. The van der Waals surface area contributed by atoms with Gasteiger partial charge in [0, 0.05) is 18.2 Å². The molecule has 18 heavy (non-hydrogen) atoms. The number of fused-ring (bicyclic) bond motifs is 3. The molecule has 3 aromatic heterocycles. The average Bonchev–Trinajstić information content (AvgIpc) is 3.05. The number of aromatic amines is 2. The van der Waals surface area contributed by atoms with Gasteiger partial charge >= 0.3 is 0 Å². The van der Waals surface area contributed by atoms with Crippen LogP contribution in [0.1, 0.15) is 31.2 Å². The lowest BCUT2D eigenvalue weighted by Crippen LogP contribution is -2.12. The molecule has 0 amide bonds. The van der Waals surface area contributed by atoms with E-state index in [1.54, 1.807) is 6.20 Å². The highest BCUT2D eigenvalue weighted by molar-refractivity contribution is 6.00. The van der Waals surface area contributed by atoms with Crippen LogP contribution >= 0.6 is 0 Å². The van der Waals surface area contributed by atoms with E-state index in [2.05, 4.69) is 19.9 Å². The van der Waals surface area contributed by atoms with Gasteiger partial charge in [0.1, 0.15) is 23.1 Å². The number of hydrogen-bond donors (Lipinski definition) is 2. The first kappa shape index (κ1) is 10.1. The van der Waals surface area contributed by atoms with Crippen LogP contribution in [-0.4, -0.2) is 26.5 Å². The molecule has 1 unspecified atom stereocenters. The second-order valence-electron chi connectivity index (χ2n) is 4.74. The Morgan fingerprint density at radius 1 is 1.33 bits per heavy atom. The highest BCUT2D eigenvalue weighted by Gasteiger charge is 2.20. The molecule has 1 aliphatic heterocycles. The van der Waals surface area contributed by atoms with Gasteiger partial charge in [-0.25, -0.2) is 9.97 Å². The maximum Gasteiger partial charge on any atom is 0.139 e. The maximum absolute atomic E-state index is 5.77. The molecule has 1 atom stereocenters. The lowest BCUT2D eigenvalue weighted by molar-refractivity contribution is 0.0101. The third-order valence-corrected chi connectivity index (χ3v) is 3.55. The van der Waals surface area contributed by atoms with Crippen molar-refractivity contribution >= 4 is 22.1 Å². The first-order valence-electron chi connectivity index (χ1n) is 6.35. The van der Waals surface area contributed by atoms with E-state index in [1.165, 1.54) is 6.42 Å². The molecule has 5 heteroatoms. The van der Waals surface area contributed by atoms with Gasteiger partial charge in [-0.2, -0.15) is 0 Å². The van der Waals surface area contributed by atoms with Gasteiger partial charge in [0.25, 0.3) is 0 Å². The summed E-state index contributed by atoms with van der Waals surface area (Å²) in [6.45, 7) is 0.833. The number of rotatable bonds is 1. The molecular weight excluding hydrogens is 228 g/mol. The summed E-state index contributed by atoms with van der Waals surface area (Å²) in [7, 11) is 0. The van der Waals surface area contributed by atoms with Gasteiger partial charge in [-0.3, -0.25) is 0 Å². The van der Waals surface area contributed by atoms with Crippen LogP contribution in [0, 0.1) is 0 Å². The van der Waals surface area contributed by atoms with Crippen LogP contribution in [0.25, 0.3) is 22.1 Å². The molecule has 4 heterocycles. The van der Waals surface area contributed by atoms with E-state index in [0.717, 1.165) is 47.3 Å². The number of H-pyrrole nitrogens is 2. The van der Waals surface area contributed by atoms with Crippen LogP contribution in [0.15, 0.2) is 18.5 Å². The highest BCUT2D eigenvalue weighted by Crippen LogP contribution is 2.29. The zero-order valence-corrected chi connectivity index (χ0v) is 9.94. The SMILES string of the molecule is c1cc2c(ncc3nc(C4CCCCO4)[nH]c32)[nH]1. The largest absolute Gasteiger partial charge is 0.370 e. The summed E-state index contributed by atoms with van der Waals surface area (Å²) in [5.74, 6) is 0.931. The van der Waals surface area contributed by atoms with Crippen molar-refractivity contribution in [2.45, 2.75) is 25.4 Å². The van der Waals surface area contributed by atoms with E-state index in [0.29, 0.717) is 0 Å². The van der Waals surface area contributed by atoms with Crippen molar-refractivity contribution in [2.24, 2.45) is 0 Å². The van der Waals surface area contributed by atoms with E-state index >= 15 is 0 Å². The molecule has 0 aromatic carbocycles. The third kappa shape index (κ3) is 1.44. The Morgan fingerprint density at radius 3 is 3.22 bits per heavy atom. The van der Waals surface area contributed by atoms with Gasteiger partial charge in [-0.05, 0) is 25.3 Å². The van der Waals surface area contributed by atoms with Crippen LogP contribution in [0.5, 0.6) is 0 Å². The van der Waals surface area contributed by atoms with Crippen molar-refractivity contribution in [3.8, 4) is 0 Å². The molecule has 4 rings (SSSR count). The Morgan fingerprint density at radius 2 is 2.33 bits per heavy atom. The molecule has 0 saturated carbocycles. The molecule has 92 valence electrons. The van der Waals surface area contributed by atoms with E-state index in [4.69, 9.17) is 4.74 Å². The van der Waals surface area contributed by atoms with E-state index in [-0.39, 0.29) is 6.10 Å². The summed E-state index contributed by atoms with van der Waals surface area (Å²) in [5.41, 5.74) is 2.85. The zero-order valence-electron chi connectivity index (χ0n) is 9.94. The predicted octanol–water partition coefficient (Wildman–Crippen LogP) is 2.68. The molecule has 0 aliphatic carbocycles. The molecule has 0 bridgehead atoms. The molecule has 3 aromatic rings. The van der Waals surface area contributed by atoms with Crippen molar-refractivity contribution in [3.63, 3.8) is 0 Å². The number of nitrogens with zero attached hydrogens (tertiary/aromatic N) is 2. The lowest BCUT2D eigenvalue weighted by atomic mass is 10.1. The zero-order chi connectivity index (χ0) is 11.9. The van der Waals surface area contributed by atoms with Crippen LogP contribution in [0.4, 0.5) is 0 Å². The topological polar surface area (TPSA) is 66.6 Å². The fourth-order valence-corrected chi connectivity index (χ4v) is 2.61. The Kier molecular flexibility index (Phi) is 2.14. The standard InChI is InChI=1S/C13H14N4O/c1-2-6-18-10(3-1)13-16-9-7-15-12-8(4-5-14-12)11(9)17-13/h4-5,7,10H,1-3,6H2,(H,14,15)(H,16,17). The molecular formula is C13H14N4O. The second kappa shape index (κ2) is 3.81. The normalized spacial score (nSPS) is 20.8. The van der Waals surface area contributed by atoms with Crippen molar-refractivity contribution in [1.82, 2.24) is 19.9 Å². The molecule has 1 aliphatic rings. The lowest BCUT2D eigenvalue weighted by Gasteiger charge is -2.20. The van der Waals surface area contributed by atoms with Gasteiger partial charge in [0.05, 0.1) is 11.7 Å². The average molecular weight is 242 g/mol. The maximum atomic E-state index is 5.77. The summed E-state index contributed by atoms with van der Waals surface area (Å²) < 4.78 is 5.77. The molecule has 2 N–H and O–H groups in total. The minimum absolute atomic E-state index is 0.111. The van der Waals surface area contributed by atoms with Crippen molar-refractivity contribution in [3.05, 3.63) is 24.3 Å². The number of imidazole rings is 1. The van der Waals surface area contributed by atoms with E-state index in [9.17, 15) is 0 Å². The van der Waals surface area contributed by atoms with Gasteiger partial charge < -0.3 is 14.7 Å². The van der Waals surface area contributed by atoms with Gasteiger partial charge in [-0.15, -0.1) is 0 Å². The van der Waals surface area contributed by atoms with Crippen LogP contribution in [-0.2, 0) is 4.74 Å². The molecule has 0 spiro atoms. The molecule has 1 fully saturated rings. The second-order valence-corrected chi connectivity index (χ2v) is 4.74. The third-order valence-electron chi connectivity index (χ3n) is 3.55. The summed E-state index contributed by atoms with van der Waals surface area (Å²) in [6, 6.07) is 2.02. The number of nitrogens with one attached hydrogen (secondary N) is 2. The Bertz CT molecular complexity index is 693. The van der Waals surface area contributed by atoms with Gasteiger partial charge in [-0.1, -0.05) is 0 Å². The number of pyridine rings is 1. The van der Waals surface area contributed by atoms with Crippen LogP contribution < -0.4 is 0 Å². The quantitative estimate of drug-likeness (QED) is 0.689. The summed E-state index contributed by atoms with van der Waals surface area (Å²) >= 11 is 0. The molecule has 5 nitrogen and oxygen atoms in total. The van der Waals surface area contributed by atoms with Gasteiger partial charge in [0.2, 0.25) is 0 Å². The first-order chi connectivity index (χ1) is 8.92.